The molecule has 0 N–H and O–H groups in total. The van der Waals surface area contributed by atoms with Crippen molar-refractivity contribution < 1.29 is 4.74 Å². The molecule has 1 saturated heterocycles. The second-order valence-electron chi connectivity index (χ2n) is 7.10. The normalized spacial score (nSPS) is 19.6. The van der Waals surface area contributed by atoms with Crippen LogP contribution in [0.15, 0.2) is 24.5 Å². The van der Waals surface area contributed by atoms with Crippen molar-refractivity contribution in [1.29, 1.82) is 0 Å². The minimum absolute atomic E-state index is 0.297. The number of rotatable bonds is 5. The summed E-state index contributed by atoms with van der Waals surface area (Å²) in [5.74, 6) is 1.99. The third-order valence-electron chi connectivity index (χ3n) is 5.12. The Kier molecular flexibility index (Phi) is 4.92. The van der Waals surface area contributed by atoms with E-state index in [4.69, 9.17) is 14.7 Å². The zero-order chi connectivity index (χ0) is 17.1. The smallest absolute Gasteiger partial charge is 0.136 e. The van der Waals surface area contributed by atoms with Crippen molar-refractivity contribution in [3.05, 3.63) is 47.2 Å². The quantitative estimate of drug-likeness (QED) is 0.838. The zero-order valence-electron chi connectivity index (χ0n) is 14.9. The summed E-state index contributed by atoms with van der Waals surface area (Å²) in [6.07, 6.45) is 11.0. The third kappa shape index (κ3) is 3.82. The molecule has 1 aliphatic heterocycles. The predicted molar refractivity (Wildman–Crippen MR) is 97.7 cm³/mol. The first-order valence-corrected chi connectivity index (χ1v) is 9.41. The van der Waals surface area contributed by atoms with Crippen molar-refractivity contribution >= 4 is 5.82 Å². The van der Waals surface area contributed by atoms with E-state index in [0.29, 0.717) is 6.10 Å². The number of anilines is 1. The summed E-state index contributed by atoms with van der Waals surface area (Å²) >= 11 is 0. The van der Waals surface area contributed by atoms with Crippen LogP contribution in [0.4, 0.5) is 5.82 Å². The van der Waals surface area contributed by atoms with Gasteiger partial charge in [0.05, 0.1) is 6.10 Å². The molecule has 5 nitrogen and oxygen atoms in total. The van der Waals surface area contributed by atoms with Gasteiger partial charge in [-0.05, 0) is 57.1 Å². The molecular formula is C20H26N4O. The number of pyridine rings is 1. The van der Waals surface area contributed by atoms with Crippen molar-refractivity contribution in [3.8, 4) is 0 Å². The van der Waals surface area contributed by atoms with E-state index in [1.165, 1.54) is 29.7 Å². The van der Waals surface area contributed by atoms with Crippen molar-refractivity contribution in [2.24, 2.45) is 0 Å². The Labute approximate surface area is 149 Å². The average molecular weight is 338 g/mol. The Morgan fingerprint density at radius 1 is 1.20 bits per heavy atom. The maximum absolute atomic E-state index is 5.92. The highest BCUT2D eigenvalue weighted by molar-refractivity contribution is 5.51. The first kappa shape index (κ1) is 16.5. The molecule has 0 saturated carbocycles. The van der Waals surface area contributed by atoms with Crippen LogP contribution in [0.3, 0.4) is 0 Å². The van der Waals surface area contributed by atoms with Gasteiger partial charge in [0.1, 0.15) is 11.6 Å². The van der Waals surface area contributed by atoms with Crippen LogP contribution in [0.2, 0.25) is 0 Å². The SMILES string of the molecule is Cc1nc2c(c(N(Cc3cccnc3)CC3CCCO3)n1)CCCC2. The van der Waals surface area contributed by atoms with Gasteiger partial charge in [0, 0.05) is 43.3 Å². The summed E-state index contributed by atoms with van der Waals surface area (Å²) in [5.41, 5.74) is 3.80. The largest absolute Gasteiger partial charge is 0.376 e. The van der Waals surface area contributed by atoms with Gasteiger partial charge in [-0.1, -0.05) is 6.07 Å². The van der Waals surface area contributed by atoms with Gasteiger partial charge in [-0.15, -0.1) is 0 Å². The van der Waals surface area contributed by atoms with Crippen molar-refractivity contribution in [2.75, 3.05) is 18.1 Å². The van der Waals surface area contributed by atoms with E-state index < -0.39 is 0 Å². The molecule has 0 aromatic carbocycles. The Morgan fingerprint density at radius 2 is 2.12 bits per heavy atom. The van der Waals surface area contributed by atoms with E-state index in [1.54, 1.807) is 0 Å². The Morgan fingerprint density at radius 3 is 2.92 bits per heavy atom. The Hall–Kier alpha value is -2.01. The van der Waals surface area contributed by atoms with E-state index in [2.05, 4.69) is 16.0 Å². The Balaban J connectivity index is 1.68. The topological polar surface area (TPSA) is 51.1 Å². The zero-order valence-corrected chi connectivity index (χ0v) is 14.9. The van der Waals surface area contributed by atoms with Crippen LogP contribution in [0.5, 0.6) is 0 Å². The highest BCUT2D eigenvalue weighted by Gasteiger charge is 2.25. The summed E-state index contributed by atoms with van der Waals surface area (Å²) in [4.78, 5) is 16.3. The van der Waals surface area contributed by atoms with E-state index in [-0.39, 0.29) is 0 Å². The fourth-order valence-electron chi connectivity index (χ4n) is 3.93. The van der Waals surface area contributed by atoms with Gasteiger partial charge in [-0.2, -0.15) is 0 Å². The molecule has 0 bridgehead atoms. The molecule has 25 heavy (non-hydrogen) atoms. The van der Waals surface area contributed by atoms with Gasteiger partial charge in [-0.25, -0.2) is 9.97 Å². The first-order valence-electron chi connectivity index (χ1n) is 9.41. The molecule has 0 radical (unpaired) electrons. The number of aryl methyl sites for hydroxylation is 2. The molecule has 2 aromatic heterocycles. The molecule has 4 rings (SSSR count). The van der Waals surface area contributed by atoms with Gasteiger partial charge in [0.15, 0.2) is 0 Å². The van der Waals surface area contributed by atoms with Crippen LogP contribution >= 0.6 is 0 Å². The van der Waals surface area contributed by atoms with Gasteiger partial charge in [0.25, 0.3) is 0 Å². The highest BCUT2D eigenvalue weighted by Crippen LogP contribution is 2.30. The van der Waals surface area contributed by atoms with Crippen LogP contribution in [0.1, 0.15) is 48.3 Å². The first-order chi connectivity index (χ1) is 12.3. The molecule has 2 aromatic rings. The summed E-state index contributed by atoms with van der Waals surface area (Å²) in [7, 11) is 0. The van der Waals surface area contributed by atoms with Crippen LogP contribution in [-0.2, 0) is 24.1 Å². The van der Waals surface area contributed by atoms with Gasteiger partial charge < -0.3 is 9.64 Å². The number of ether oxygens (including phenoxy) is 1. The van der Waals surface area contributed by atoms with Crippen molar-refractivity contribution in [1.82, 2.24) is 15.0 Å². The van der Waals surface area contributed by atoms with Crippen molar-refractivity contribution in [2.45, 2.75) is 58.1 Å². The number of fused-ring (bicyclic) bond motifs is 1. The minimum atomic E-state index is 0.297. The molecule has 0 amide bonds. The van der Waals surface area contributed by atoms with E-state index >= 15 is 0 Å². The molecule has 0 spiro atoms. The lowest BCUT2D eigenvalue weighted by atomic mass is 9.95. The molecule has 5 heteroatoms. The number of hydrogen-bond donors (Lipinski definition) is 0. The predicted octanol–water partition coefficient (Wildman–Crippen LogP) is 3.24. The van der Waals surface area contributed by atoms with Crippen LogP contribution < -0.4 is 4.90 Å². The van der Waals surface area contributed by atoms with Crippen LogP contribution in [0, 0.1) is 6.92 Å². The number of aromatic nitrogens is 3. The monoisotopic (exact) mass is 338 g/mol. The second-order valence-corrected chi connectivity index (χ2v) is 7.10. The maximum atomic E-state index is 5.92. The Bertz CT molecular complexity index is 713. The summed E-state index contributed by atoms with van der Waals surface area (Å²) in [6, 6.07) is 4.14. The lowest BCUT2D eigenvalue weighted by molar-refractivity contribution is 0.115. The summed E-state index contributed by atoms with van der Waals surface area (Å²) in [6.45, 7) is 4.59. The molecule has 1 aliphatic carbocycles. The minimum Gasteiger partial charge on any atom is -0.376 e. The molecule has 1 atom stereocenters. The molecule has 3 heterocycles. The summed E-state index contributed by atoms with van der Waals surface area (Å²) in [5, 5.41) is 0. The molecular weight excluding hydrogens is 312 g/mol. The molecule has 132 valence electrons. The van der Waals surface area contributed by atoms with E-state index in [9.17, 15) is 0 Å². The summed E-state index contributed by atoms with van der Waals surface area (Å²) < 4.78 is 5.92. The van der Waals surface area contributed by atoms with Crippen LogP contribution in [0.25, 0.3) is 0 Å². The number of hydrogen-bond acceptors (Lipinski definition) is 5. The highest BCUT2D eigenvalue weighted by atomic mass is 16.5. The standard InChI is InChI=1S/C20H26N4O/c1-15-22-19-9-3-2-8-18(19)20(23-15)24(14-17-7-5-11-25-17)13-16-6-4-10-21-12-16/h4,6,10,12,17H,2-3,5,7-9,11,13-14H2,1H3. The van der Waals surface area contributed by atoms with Gasteiger partial charge >= 0.3 is 0 Å². The lowest BCUT2D eigenvalue weighted by Gasteiger charge is -2.30. The lowest BCUT2D eigenvalue weighted by Crippen LogP contribution is -2.34. The van der Waals surface area contributed by atoms with Crippen molar-refractivity contribution in [3.63, 3.8) is 0 Å². The molecule has 1 unspecified atom stereocenters. The van der Waals surface area contributed by atoms with E-state index in [1.807, 2.05) is 25.4 Å². The van der Waals surface area contributed by atoms with Gasteiger partial charge in [-0.3, -0.25) is 4.98 Å². The second kappa shape index (κ2) is 7.48. The third-order valence-corrected chi connectivity index (χ3v) is 5.12. The average Bonchev–Trinajstić information content (AvgIpc) is 3.14. The van der Waals surface area contributed by atoms with Gasteiger partial charge in [0.2, 0.25) is 0 Å². The molecule has 2 aliphatic rings. The number of nitrogens with zero attached hydrogens (tertiary/aromatic N) is 4. The van der Waals surface area contributed by atoms with E-state index in [0.717, 1.165) is 57.0 Å². The fourth-order valence-corrected chi connectivity index (χ4v) is 3.93. The fraction of sp³-hybridized carbons (Fsp3) is 0.550. The van der Waals surface area contributed by atoms with Crippen LogP contribution in [-0.4, -0.2) is 34.2 Å². The maximum Gasteiger partial charge on any atom is 0.136 e. The molecule has 1 fully saturated rings.